The van der Waals surface area contributed by atoms with Crippen LogP contribution in [0, 0.1) is 13.8 Å². The predicted molar refractivity (Wildman–Crippen MR) is 83.7 cm³/mol. The van der Waals surface area contributed by atoms with Gasteiger partial charge < -0.3 is 15.0 Å². The second-order valence-electron chi connectivity index (χ2n) is 5.33. The first-order chi connectivity index (χ1) is 10.3. The minimum Gasteiger partial charge on any atom is -0.467 e. The highest BCUT2D eigenvalue weighted by Crippen LogP contribution is 2.14. The Hall–Kier alpha value is -2.05. The first-order valence-electron chi connectivity index (χ1n) is 7.44. The number of likely N-dealkylation sites (N-methyl/N-ethyl adjacent to an activating group) is 1. The van der Waals surface area contributed by atoms with Crippen LogP contribution in [-0.2, 0) is 22.5 Å². The van der Waals surface area contributed by atoms with Crippen LogP contribution >= 0.6 is 0 Å². The number of rotatable bonds is 6. The van der Waals surface area contributed by atoms with Crippen LogP contribution in [-0.4, -0.2) is 53.4 Å². The lowest BCUT2D eigenvalue weighted by atomic mass is 10.1. The summed E-state index contributed by atoms with van der Waals surface area (Å²) in [6.07, 6.45) is 0.730. The van der Waals surface area contributed by atoms with Gasteiger partial charge in [-0.1, -0.05) is 0 Å². The van der Waals surface area contributed by atoms with Gasteiger partial charge in [0, 0.05) is 25.8 Å². The zero-order valence-electron chi connectivity index (χ0n) is 14.3. The van der Waals surface area contributed by atoms with Crippen molar-refractivity contribution in [2.75, 3.05) is 20.7 Å². The van der Waals surface area contributed by atoms with Crippen LogP contribution in [0.15, 0.2) is 0 Å². The fourth-order valence-electron chi connectivity index (χ4n) is 2.32. The van der Waals surface area contributed by atoms with Crippen molar-refractivity contribution >= 4 is 12.0 Å². The Morgan fingerprint density at radius 2 is 2.05 bits per heavy atom. The van der Waals surface area contributed by atoms with Crippen molar-refractivity contribution in [3.8, 4) is 0 Å². The summed E-state index contributed by atoms with van der Waals surface area (Å²) in [5.74, 6) is -0.460. The number of aromatic nitrogens is 2. The monoisotopic (exact) mass is 310 g/mol. The number of hydrogen-bond acceptors (Lipinski definition) is 4. The zero-order valence-corrected chi connectivity index (χ0v) is 14.3. The molecule has 124 valence electrons. The number of amides is 2. The van der Waals surface area contributed by atoms with Crippen molar-refractivity contribution in [1.29, 1.82) is 0 Å². The van der Waals surface area contributed by atoms with E-state index in [0.29, 0.717) is 6.54 Å². The maximum atomic E-state index is 12.0. The summed E-state index contributed by atoms with van der Waals surface area (Å²) in [6.45, 7) is 9.05. The Morgan fingerprint density at radius 3 is 2.55 bits per heavy atom. The number of aryl methyl sites for hydroxylation is 2. The molecule has 0 aliphatic heterocycles. The van der Waals surface area contributed by atoms with Gasteiger partial charge in [-0.3, -0.25) is 4.68 Å². The quantitative estimate of drug-likeness (QED) is 0.803. The van der Waals surface area contributed by atoms with Crippen LogP contribution in [0.5, 0.6) is 0 Å². The third-order valence-corrected chi connectivity index (χ3v) is 3.77. The van der Waals surface area contributed by atoms with E-state index in [9.17, 15) is 9.59 Å². The largest absolute Gasteiger partial charge is 0.467 e. The van der Waals surface area contributed by atoms with E-state index in [0.717, 1.165) is 24.4 Å². The van der Waals surface area contributed by atoms with Crippen LogP contribution in [0.1, 0.15) is 30.8 Å². The summed E-state index contributed by atoms with van der Waals surface area (Å²) < 4.78 is 6.55. The van der Waals surface area contributed by atoms with E-state index in [4.69, 9.17) is 0 Å². The first kappa shape index (κ1) is 18.0. The molecular formula is C15H26N4O3. The van der Waals surface area contributed by atoms with E-state index in [-0.39, 0.29) is 6.03 Å². The molecule has 1 aromatic heterocycles. The summed E-state index contributed by atoms with van der Waals surface area (Å²) >= 11 is 0. The number of esters is 1. The van der Waals surface area contributed by atoms with Crippen LogP contribution in [0.4, 0.5) is 4.79 Å². The van der Waals surface area contributed by atoms with Gasteiger partial charge in [-0.15, -0.1) is 0 Å². The van der Waals surface area contributed by atoms with E-state index in [1.807, 2.05) is 18.5 Å². The lowest BCUT2D eigenvalue weighted by Gasteiger charge is -2.20. The molecule has 0 spiro atoms. The summed E-state index contributed by atoms with van der Waals surface area (Å²) in [5, 5.41) is 7.07. The van der Waals surface area contributed by atoms with Crippen LogP contribution in [0.2, 0.25) is 0 Å². The molecule has 2 amide bonds. The molecule has 1 aromatic rings. The molecule has 0 aliphatic rings. The van der Waals surface area contributed by atoms with Crippen molar-refractivity contribution < 1.29 is 14.3 Å². The van der Waals surface area contributed by atoms with Crippen molar-refractivity contribution in [2.24, 2.45) is 0 Å². The minimum atomic E-state index is -0.661. The van der Waals surface area contributed by atoms with Gasteiger partial charge in [0.2, 0.25) is 0 Å². The molecule has 1 rings (SSSR count). The Morgan fingerprint density at radius 1 is 1.41 bits per heavy atom. The third-order valence-electron chi connectivity index (χ3n) is 3.77. The molecule has 22 heavy (non-hydrogen) atoms. The summed E-state index contributed by atoms with van der Waals surface area (Å²) in [7, 11) is 3.00. The average molecular weight is 310 g/mol. The normalized spacial score (nSPS) is 11.9. The van der Waals surface area contributed by atoms with Crippen molar-refractivity contribution in [2.45, 2.75) is 46.7 Å². The standard InChI is InChI=1S/C15H26N4O3/c1-7-19-12(4)13(10(2)17-19)8-9-18(5)15(21)16-11(3)14(20)22-6/h11H,7-9H2,1-6H3,(H,16,21). The lowest BCUT2D eigenvalue weighted by Crippen LogP contribution is -2.46. The number of methoxy groups -OCH3 is 1. The molecule has 0 radical (unpaired) electrons. The minimum absolute atomic E-state index is 0.295. The molecule has 7 heteroatoms. The maximum Gasteiger partial charge on any atom is 0.328 e. The van der Waals surface area contributed by atoms with E-state index >= 15 is 0 Å². The number of nitrogens with one attached hydrogen (secondary N) is 1. The molecule has 0 aliphatic carbocycles. The summed E-state index contributed by atoms with van der Waals surface area (Å²) in [4.78, 5) is 24.9. The number of carbonyl (C=O) groups is 2. The van der Waals surface area contributed by atoms with E-state index in [1.165, 1.54) is 12.7 Å². The predicted octanol–water partition coefficient (Wildman–Crippen LogP) is 1.27. The number of carbonyl (C=O) groups excluding carboxylic acids is 2. The van der Waals surface area contributed by atoms with Gasteiger partial charge in [0.1, 0.15) is 6.04 Å². The maximum absolute atomic E-state index is 12.0. The second-order valence-corrected chi connectivity index (χ2v) is 5.33. The molecule has 1 unspecified atom stereocenters. The molecule has 1 atom stereocenters. The van der Waals surface area contributed by atoms with Gasteiger partial charge in [-0.25, -0.2) is 9.59 Å². The smallest absolute Gasteiger partial charge is 0.328 e. The van der Waals surface area contributed by atoms with Gasteiger partial charge in [0.05, 0.1) is 12.8 Å². The van der Waals surface area contributed by atoms with Gasteiger partial charge in [-0.2, -0.15) is 5.10 Å². The van der Waals surface area contributed by atoms with Crippen molar-refractivity contribution in [3.63, 3.8) is 0 Å². The Kier molecular flexibility index (Phi) is 6.39. The van der Waals surface area contributed by atoms with Crippen molar-refractivity contribution in [3.05, 3.63) is 17.0 Å². The molecule has 0 fully saturated rings. The molecule has 0 bridgehead atoms. The SMILES string of the molecule is CCn1nc(C)c(CCN(C)C(=O)NC(C)C(=O)OC)c1C. The first-order valence-corrected chi connectivity index (χ1v) is 7.44. The van der Waals surface area contributed by atoms with Crippen molar-refractivity contribution in [1.82, 2.24) is 20.0 Å². The Balaban J connectivity index is 2.59. The fraction of sp³-hybridized carbons (Fsp3) is 0.667. The van der Waals surface area contributed by atoms with Gasteiger partial charge >= 0.3 is 12.0 Å². The average Bonchev–Trinajstić information content (AvgIpc) is 2.77. The molecule has 7 nitrogen and oxygen atoms in total. The van der Waals surface area contributed by atoms with Gasteiger partial charge in [0.15, 0.2) is 0 Å². The highest BCUT2D eigenvalue weighted by Gasteiger charge is 2.19. The zero-order chi connectivity index (χ0) is 16.9. The third kappa shape index (κ3) is 4.22. The van der Waals surface area contributed by atoms with Crippen LogP contribution < -0.4 is 5.32 Å². The Labute approximate surface area is 131 Å². The van der Waals surface area contributed by atoms with Crippen LogP contribution in [0.25, 0.3) is 0 Å². The fourth-order valence-corrected chi connectivity index (χ4v) is 2.32. The lowest BCUT2D eigenvalue weighted by molar-refractivity contribution is -0.142. The molecule has 0 saturated heterocycles. The van der Waals surface area contributed by atoms with E-state index in [2.05, 4.69) is 22.1 Å². The molecule has 1 N–H and O–H groups in total. The van der Waals surface area contributed by atoms with Gasteiger partial charge in [0.25, 0.3) is 0 Å². The topological polar surface area (TPSA) is 76.5 Å². The number of nitrogens with zero attached hydrogens (tertiary/aromatic N) is 3. The van der Waals surface area contributed by atoms with Crippen LogP contribution in [0.3, 0.4) is 0 Å². The van der Waals surface area contributed by atoms with Gasteiger partial charge in [-0.05, 0) is 39.7 Å². The Bertz CT molecular complexity index is 539. The van der Waals surface area contributed by atoms with E-state index < -0.39 is 12.0 Å². The number of hydrogen-bond donors (Lipinski definition) is 1. The molecule has 0 aromatic carbocycles. The molecular weight excluding hydrogens is 284 g/mol. The summed E-state index contributed by atoms with van der Waals surface area (Å²) in [6, 6.07) is -0.956. The molecule has 1 heterocycles. The number of ether oxygens (including phenoxy) is 1. The highest BCUT2D eigenvalue weighted by molar-refractivity contribution is 5.83. The highest BCUT2D eigenvalue weighted by atomic mass is 16.5. The summed E-state index contributed by atoms with van der Waals surface area (Å²) in [5.41, 5.74) is 3.30. The second kappa shape index (κ2) is 7.82. The number of urea groups is 1. The molecule has 0 saturated carbocycles. The van der Waals surface area contributed by atoms with E-state index in [1.54, 1.807) is 18.9 Å².